The molecule has 7 heteroatoms. The first-order chi connectivity index (χ1) is 13.1. The van der Waals surface area contributed by atoms with Gasteiger partial charge < -0.3 is 9.47 Å². The highest BCUT2D eigenvalue weighted by atomic mass is 35.5. The van der Waals surface area contributed by atoms with Crippen molar-refractivity contribution in [2.75, 3.05) is 19.8 Å². The summed E-state index contributed by atoms with van der Waals surface area (Å²) in [4.78, 5) is 24.8. The van der Waals surface area contributed by atoms with Crippen molar-refractivity contribution < 1.29 is 19.1 Å². The molecule has 1 saturated heterocycles. The van der Waals surface area contributed by atoms with Crippen LogP contribution in [0.2, 0.25) is 5.02 Å². The Bertz CT molecular complexity index is 816. The van der Waals surface area contributed by atoms with Crippen LogP contribution in [-0.2, 0) is 19.1 Å². The molecule has 0 spiro atoms. The van der Waals surface area contributed by atoms with Crippen molar-refractivity contribution in [2.45, 2.75) is 6.10 Å². The smallest absolute Gasteiger partial charge is 0.270 e. The second-order valence-electron chi connectivity index (χ2n) is 5.85. The van der Waals surface area contributed by atoms with Crippen molar-refractivity contribution in [1.82, 2.24) is 10.9 Å². The highest BCUT2D eigenvalue weighted by Crippen LogP contribution is 2.20. The maximum atomic E-state index is 12.7. The first kappa shape index (κ1) is 19.1. The Hall–Kier alpha value is -2.67. The lowest BCUT2D eigenvalue weighted by Gasteiger charge is -2.22. The molecule has 2 amide bonds. The minimum Gasteiger partial charge on any atom is -0.376 e. The van der Waals surface area contributed by atoms with Crippen LogP contribution in [0.1, 0.15) is 11.1 Å². The Morgan fingerprint density at radius 1 is 1.00 bits per heavy atom. The van der Waals surface area contributed by atoms with E-state index < -0.39 is 17.9 Å². The molecule has 0 radical (unpaired) electrons. The SMILES string of the molecule is O=C(NNC(=O)C1COCCO1)/C(=C\c1ccccc1)c1ccc(Cl)cc1. The third-order valence-electron chi connectivity index (χ3n) is 3.92. The number of benzene rings is 2. The van der Waals surface area contributed by atoms with Crippen LogP contribution in [0.4, 0.5) is 0 Å². The van der Waals surface area contributed by atoms with Gasteiger partial charge in [0.1, 0.15) is 0 Å². The van der Waals surface area contributed by atoms with Gasteiger partial charge in [-0.25, -0.2) is 0 Å². The van der Waals surface area contributed by atoms with Crippen LogP contribution in [-0.4, -0.2) is 37.7 Å². The van der Waals surface area contributed by atoms with E-state index in [-0.39, 0.29) is 6.61 Å². The standard InChI is InChI=1S/C20H19ClN2O4/c21-16-8-6-15(7-9-16)17(12-14-4-2-1-3-5-14)19(24)22-23-20(25)18-13-26-10-11-27-18/h1-9,12,18H,10-11,13H2,(H,22,24)(H,23,25)/b17-12-. The number of nitrogens with one attached hydrogen (secondary N) is 2. The molecule has 1 fully saturated rings. The Kier molecular flexibility index (Phi) is 6.59. The van der Waals surface area contributed by atoms with E-state index in [1.807, 2.05) is 30.3 Å². The van der Waals surface area contributed by atoms with Crippen LogP contribution in [0.3, 0.4) is 0 Å². The average molecular weight is 387 g/mol. The number of ether oxygens (including phenoxy) is 2. The highest BCUT2D eigenvalue weighted by Gasteiger charge is 2.23. The molecule has 0 aromatic heterocycles. The third kappa shape index (κ3) is 5.40. The second-order valence-corrected chi connectivity index (χ2v) is 6.29. The second kappa shape index (κ2) is 9.32. The lowest BCUT2D eigenvalue weighted by atomic mass is 10.0. The first-order valence-electron chi connectivity index (χ1n) is 8.46. The van der Waals surface area contributed by atoms with Gasteiger partial charge in [-0.2, -0.15) is 0 Å². The first-order valence-corrected chi connectivity index (χ1v) is 8.83. The Morgan fingerprint density at radius 2 is 1.74 bits per heavy atom. The summed E-state index contributed by atoms with van der Waals surface area (Å²) in [5.74, 6) is -0.913. The van der Waals surface area contributed by atoms with Gasteiger partial charge in [-0.1, -0.05) is 54.1 Å². The van der Waals surface area contributed by atoms with Gasteiger partial charge in [0.2, 0.25) is 0 Å². The Morgan fingerprint density at radius 3 is 2.41 bits per heavy atom. The number of hydrogen-bond acceptors (Lipinski definition) is 4. The molecule has 3 rings (SSSR count). The molecule has 1 unspecified atom stereocenters. The van der Waals surface area contributed by atoms with E-state index in [2.05, 4.69) is 10.9 Å². The summed E-state index contributed by atoms with van der Waals surface area (Å²) in [6.07, 6.45) is 1.00. The fraction of sp³-hybridized carbons (Fsp3) is 0.200. The van der Waals surface area contributed by atoms with Crippen LogP contribution >= 0.6 is 11.6 Å². The molecular weight excluding hydrogens is 368 g/mol. The summed E-state index contributed by atoms with van der Waals surface area (Å²) >= 11 is 5.94. The highest BCUT2D eigenvalue weighted by molar-refractivity contribution is 6.31. The monoisotopic (exact) mass is 386 g/mol. The molecule has 1 aliphatic rings. The maximum Gasteiger partial charge on any atom is 0.270 e. The Balaban J connectivity index is 1.75. The summed E-state index contributed by atoms with van der Waals surface area (Å²) in [7, 11) is 0. The normalized spacial score (nSPS) is 17.2. The lowest BCUT2D eigenvalue weighted by molar-refractivity contribution is -0.149. The van der Waals surface area contributed by atoms with Crippen molar-refractivity contribution in [3.05, 3.63) is 70.7 Å². The molecule has 6 nitrogen and oxygen atoms in total. The van der Waals surface area contributed by atoms with Crippen LogP contribution in [0.15, 0.2) is 54.6 Å². The van der Waals surface area contributed by atoms with Gasteiger partial charge >= 0.3 is 0 Å². The molecule has 1 atom stereocenters. The van der Waals surface area contributed by atoms with Gasteiger partial charge in [-0.05, 0) is 29.3 Å². The lowest BCUT2D eigenvalue weighted by Crippen LogP contribution is -2.50. The largest absolute Gasteiger partial charge is 0.376 e. The van der Waals surface area contributed by atoms with Gasteiger partial charge in [0.15, 0.2) is 6.10 Å². The molecule has 0 aliphatic carbocycles. The average Bonchev–Trinajstić information content (AvgIpc) is 2.72. The maximum absolute atomic E-state index is 12.7. The van der Waals surface area contributed by atoms with Crippen LogP contribution in [0, 0.1) is 0 Å². The van der Waals surface area contributed by atoms with Gasteiger partial charge in [-0.3, -0.25) is 20.4 Å². The molecule has 2 aromatic rings. The third-order valence-corrected chi connectivity index (χ3v) is 4.17. The molecule has 0 bridgehead atoms. The molecule has 2 N–H and O–H groups in total. The Labute approximate surface area is 162 Å². The zero-order valence-corrected chi connectivity index (χ0v) is 15.2. The van der Waals surface area contributed by atoms with Gasteiger partial charge in [-0.15, -0.1) is 0 Å². The number of halogens is 1. The minimum atomic E-state index is -0.740. The fourth-order valence-corrected chi connectivity index (χ4v) is 2.66. The number of rotatable bonds is 4. The van der Waals surface area contributed by atoms with Crippen LogP contribution in [0.25, 0.3) is 11.6 Å². The summed E-state index contributed by atoms with van der Waals surface area (Å²) in [6.45, 7) is 0.957. The predicted octanol–water partition coefficient (Wildman–Crippen LogP) is 2.44. The zero-order chi connectivity index (χ0) is 19.1. The fourth-order valence-electron chi connectivity index (χ4n) is 2.53. The van der Waals surface area contributed by atoms with Gasteiger partial charge in [0.25, 0.3) is 11.8 Å². The molecule has 140 valence electrons. The van der Waals surface area contributed by atoms with Crippen molar-refractivity contribution in [1.29, 1.82) is 0 Å². The van der Waals surface area contributed by atoms with Crippen LogP contribution in [0.5, 0.6) is 0 Å². The van der Waals surface area contributed by atoms with E-state index in [1.165, 1.54) is 0 Å². The van der Waals surface area contributed by atoms with E-state index in [4.69, 9.17) is 21.1 Å². The van der Waals surface area contributed by atoms with E-state index in [0.717, 1.165) is 5.56 Å². The summed E-state index contributed by atoms with van der Waals surface area (Å²) < 4.78 is 10.5. The topological polar surface area (TPSA) is 76.7 Å². The number of amides is 2. The van der Waals surface area contributed by atoms with Gasteiger partial charge in [0.05, 0.1) is 19.8 Å². The summed E-state index contributed by atoms with van der Waals surface area (Å²) in [5.41, 5.74) is 6.74. The zero-order valence-electron chi connectivity index (χ0n) is 14.5. The number of carbonyl (C=O) groups is 2. The molecule has 1 heterocycles. The van der Waals surface area contributed by atoms with E-state index in [0.29, 0.717) is 29.4 Å². The predicted molar refractivity (Wildman–Crippen MR) is 103 cm³/mol. The van der Waals surface area contributed by atoms with E-state index in [1.54, 1.807) is 30.3 Å². The quantitative estimate of drug-likeness (QED) is 0.480. The molecule has 2 aromatic carbocycles. The van der Waals surface area contributed by atoms with Crippen LogP contribution < -0.4 is 10.9 Å². The van der Waals surface area contributed by atoms with Crippen molar-refractivity contribution in [3.8, 4) is 0 Å². The molecular formula is C20H19ClN2O4. The van der Waals surface area contributed by atoms with Crippen molar-refractivity contribution in [3.63, 3.8) is 0 Å². The van der Waals surface area contributed by atoms with Crippen molar-refractivity contribution in [2.24, 2.45) is 0 Å². The summed E-state index contributed by atoms with van der Waals surface area (Å²) in [5, 5.41) is 0.570. The number of carbonyl (C=O) groups excluding carboxylic acids is 2. The van der Waals surface area contributed by atoms with Crippen molar-refractivity contribution >= 4 is 35.1 Å². The molecule has 1 aliphatic heterocycles. The number of hydrogen-bond donors (Lipinski definition) is 2. The van der Waals surface area contributed by atoms with Gasteiger partial charge in [0, 0.05) is 10.6 Å². The van der Waals surface area contributed by atoms with E-state index >= 15 is 0 Å². The molecule has 0 saturated carbocycles. The summed E-state index contributed by atoms with van der Waals surface area (Å²) in [6, 6.07) is 16.3. The van der Waals surface area contributed by atoms with E-state index in [9.17, 15) is 9.59 Å². The number of hydrazine groups is 1. The molecule has 27 heavy (non-hydrogen) atoms. The minimum absolute atomic E-state index is 0.158.